The van der Waals surface area contributed by atoms with Crippen molar-refractivity contribution in [3.8, 4) is 0 Å². The molecule has 1 aromatic rings. The minimum atomic E-state index is -0.183. The summed E-state index contributed by atoms with van der Waals surface area (Å²) < 4.78 is 5.17. The molecular formula is C18H31IN4O3. The van der Waals surface area contributed by atoms with Gasteiger partial charge < -0.3 is 25.5 Å². The van der Waals surface area contributed by atoms with E-state index in [0.29, 0.717) is 24.9 Å². The number of rotatable bonds is 7. The van der Waals surface area contributed by atoms with Crippen LogP contribution in [0.4, 0.5) is 0 Å². The molecule has 0 aromatic carbocycles. The van der Waals surface area contributed by atoms with Crippen molar-refractivity contribution in [1.82, 2.24) is 16.0 Å². The number of guanidine groups is 1. The van der Waals surface area contributed by atoms with Crippen molar-refractivity contribution in [3.05, 3.63) is 23.7 Å². The van der Waals surface area contributed by atoms with Crippen LogP contribution in [0.5, 0.6) is 0 Å². The number of aryl methyl sites for hydroxylation is 1. The minimum absolute atomic E-state index is 0. The Bertz CT molecular complexity index is 569. The SMILES string of the molecule is CCNC(=NCCCNC(=O)c1occc1C)NC1CCC(O)CC1.I. The highest BCUT2D eigenvalue weighted by Crippen LogP contribution is 2.18. The second-order valence-corrected chi connectivity index (χ2v) is 6.45. The number of carbonyl (C=O) groups excluding carboxylic acids is 1. The predicted octanol–water partition coefficient (Wildman–Crippen LogP) is 2.18. The number of hydrogen-bond acceptors (Lipinski definition) is 4. The second-order valence-electron chi connectivity index (χ2n) is 6.45. The van der Waals surface area contributed by atoms with Gasteiger partial charge in [-0.3, -0.25) is 9.79 Å². The highest BCUT2D eigenvalue weighted by molar-refractivity contribution is 14.0. The molecule has 1 aromatic heterocycles. The van der Waals surface area contributed by atoms with E-state index in [9.17, 15) is 9.90 Å². The van der Waals surface area contributed by atoms with Crippen molar-refractivity contribution >= 4 is 35.8 Å². The minimum Gasteiger partial charge on any atom is -0.459 e. The third-order valence-electron chi connectivity index (χ3n) is 4.34. The molecule has 148 valence electrons. The Morgan fingerprint density at radius 2 is 2.04 bits per heavy atom. The van der Waals surface area contributed by atoms with Gasteiger partial charge in [0.05, 0.1) is 12.4 Å². The summed E-state index contributed by atoms with van der Waals surface area (Å²) in [6.07, 6.45) is 5.73. The zero-order valence-corrected chi connectivity index (χ0v) is 17.9. The molecule has 0 spiro atoms. The van der Waals surface area contributed by atoms with Gasteiger partial charge in [-0.15, -0.1) is 24.0 Å². The van der Waals surface area contributed by atoms with Crippen LogP contribution in [0.2, 0.25) is 0 Å². The maximum Gasteiger partial charge on any atom is 0.287 e. The number of nitrogens with zero attached hydrogens (tertiary/aromatic N) is 1. The van der Waals surface area contributed by atoms with Gasteiger partial charge in [-0.05, 0) is 52.0 Å². The summed E-state index contributed by atoms with van der Waals surface area (Å²) >= 11 is 0. The van der Waals surface area contributed by atoms with E-state index in [1.54, 1.807) is 6.07 Å². The van der Waals surface area contributed by atoms with E-state index >= 15 is 0 Å². The number of nitrogens with one attached hydrogen (secondary N) is 3. The van der Waals surface area contributed by atoms with Crippen molar-refractivity contribution in [2.75, 3.05) is 19.6 Å². The molecule has 0 saturated heterocycles. The standard InChI is InChI=1S/C18H30N4O3.HI/c1-3-19-18(22-14-5-7-15(23)8-6-14)21-11-4-10-20-17(24)16-13(2)9-12-25-16;/h9,12,14-15,23H,3-8,10-11H2,1-2H3,(H,20,24)(H2,19,21,22);1H. The fraction of sp³-hybridized carbons (Fsp3) is 0.667. The average molecular weight is 478 g/mol. The molecule has 0 atom stereocenters. The fourth-order valence-corrected chi connectivity index (χ4v) is 2.89. The summed E-state index contributed by atoms with van der Waals surface area (Å²) in [5, 5.41) is 19.1. The fourth-order valence-electron chi connectivity index (χ4n) is 2.89. The third-order valence-corrected chi connectivity index (χ3v) is 4.34. The van der Waals surface area contributed by atoms with Crippen LogP contribution < -0.4 is 16.0 Å². The second kappa shape index (κ2) is 12.2. The van der Waals surface area contributed by atoms with Crippen molar-refractivity contribution < 1.29 is 14.3 Å². The van der Waals surface area contributed by atoms with E-state index in [0.717, 1.165) is 50.2 Å². The van der Waals surface area contributed by atoms with Gasteiger partial charge in [0.25, 0.3) is 5.91 Å². The van der Waals surface area contributed by atoms with Crippen molar-refractivity contribution in [2.24, 2.45) is 4.99 Å². The number of aliphatic hydroxyl groups excluding tert-OH is 1. The molecule has 1 heterocycles. The van der Waals surface area contributed by atoms with E-state index in [1.165, 1.54) is 6.26 Å². The normalized spacial score (nSPS) is 20.2. The Balaban J connectivity index is 0.00000338. The molecule has 1 saturated carbocycles. The number of hydrogen-bond donors (Lipinski definition) is 4. The van der Waals surface area contributed by atoms with Crippen LogP contribution in [0.15, 0.2) is 21.7 Å². The van der Waals surface area contributed by atoms with Crippen LogP contribution >= 0.6 is 24.0 Å². The molecule has 0 bridgehead atoms. The van der Waals surface area contributed by atoms with Gasteiger partial charge in [0, 0.05) is 31.2 Å². The zero-order valence-electron chi connectivity index (χ0n) is 15.6. The number of carbonyl (C=O) groups is 1. The molecule has 2 rings (SSSR count). The maximum atomic E-state index is 11.9. The molecule has 0 aliphatic heterocycles. The molecule has 0 radical (unpaired) electrons. The average Bonchev–Trinajstić information content (AvgIpc) is 3.02. The maximum absolute atomic E-state index is 11.9. The van der Waals surface area contributed by atoms with Gasteiger partial charge in [-0.2, -0.15) is 0 Å². The smallest absolute Gasteiger partial charge is 0.287 e. The molecule has 1 amide bonds. The van der Waals surface area contributed by atoms with Crippen molar-refractivity contribution in [1.29, 1.82) is 0 Å². The van der Waals surface area contributed by atoms with Gasteiger partial charge in [-0.25, -0.2) is 0 Å². The van der Waals surface area contributed by atoms with Crippen LogP contribution in [0.1, 0.15) is 55.1 Å². The topological polar surface area (TPSA) is 98.9 Å². The first kappa shape index (κ1) is 22.8. The Labute approximate surface area is 172 Å². The van der Waals surface area contributed by atoms with Gasteiger partial charge in [0.2, 0.25) is 0 Å². The van der Waals surface area contributed by atoms with E-state index in [-0.39, 0.29) is 36.0 Å². The van der Waals surface area contributed by atoms with Gasteiger partial charge in [0.15, 0.2) is 11.7 Å². The first-order chi connectivity index (χ1) is 12.1. The number of aliphatic imine (C=N–C) groups is 1. The molecule has 7 nitrogen and oxygen atoms in total. The highest BCUT2D eigenvalue weighted by Gasteiger charge is 2.19. The Morgan fingerprint density at radius 3 is 2.65 bits per heavy atom. The van der Waals surface area contributed by atoms with E-state index < -0.39 is 0 Å². The summed E-state index contributed by atoms with van der Waals surface area (Å²) in [5.74, 6) is 0.993. The lowest BCUT2D eigenvalue weighted by Gasteiger charge is -2.27. The van der Waals surface area contributed by atoms with Crippen LogP contribution in [0.25, 0.3) is 0 Å². The molecule has 8 heteroatoms. The number of aliphatic hydroxyl groups is 1. The van der Waals surface area contributed by atoms with Crippen LogP contribution in [-0.2, 0) is 0 Å². The molecule has 1 aliphatic rings. The number of halogens is 1. The van der Waals surface area contributed by atoms with E-state index in [4.69, 9.17) is 4.42 Å². The summed E-state index contributed by atoms with van der Waals surface area (Å²) in [6.45, 7) is 5.87. The molecular weight excluding hydrogens is 447 g/mol. The highest BCUT2D eigenvalue weighted by atomic mass is 127. The summed E-state index contributed by atoms with van der Waals surface area (Å²) in [5.41, 5.74) is 0.840. The Kier molecular flexibility index (Phi) is 10.6. The van der Waals surface area contributed by atoms with Crippen molar-refractivity contribution in [2.45, 2.75) is 58.1 Å². The lowest BCUT2D eigenvalue weighted by molar-refractivity contribution is 0.0925. The van der Waals surface area contributed by atoms with Gasteiger partial charge in [-0.1, -0.05) is 0 Å². The largest absolute Gasteiger partial charge is 0.459 e. The Morgan fingerprint density at radius 1 is 1.31 bits per heavy atom. The van der Waals surface area contributed by atoms with Crippen molar-refractivity contribution in [3.63, 3.8) is 0 Å². The van der Waals surface area contributed by atoms with E-state index in [1.807, 2.05) is 13.8 Å². The van der Waals surface area contributed by atoms with Crippen LogP contribution in [0, 0.1) is 6.92 Å². The monoisotopic (exact) mass is 478 g/mol. The van der Waals surface area contributed by atoms with Crippen LogP contribution in [-0.4, -0.2) is 48.8 Å². The molecule has 0 unspecified atom stereocenters. The Hall–Kier alpha value is -1.29. The number of furan rings is 1. The summed E-state index contributed by atoms with van der Waals surface area (Å²) in [6, 6.07) is 2.14. The first-order valence-electron chi connectivity index (χ1n) is 9.15. The predicted molar refractivity (Wildman–Crippen MR) is 113 cm³/mol. The summed E-state index contributed by atoms with van der Waals surface area (Å²) in [4.78, 5) is 16.5. The lowest BCUT2D eigenvalue weighted by Crippen LogP contribution is -2.45. The molecule has 4 N–H and O–H groups in total. The quantitative estimate of drug-likeness (QED) is 0.209. The van der Waals surface area contributed by atoms with E-state index in [2.05, 4.69) is 20.9 Å². The van der Waals surface area contributed by atoms with Gasteiger partial charge >= 0.3 is 0 Å². The molecule has 1 aliphatic carbocycles. The lowest BCUT2D eigenvalue weighted by atomic mass is 9.93. The van der Waals surface area contributed by atoms with Gasteiger partial charge in [0.1, 0.15) is 0 Å². The third kappa shape index (κ3) is 7.53. The molecule has 26 heavy (non-hydrogen) atoms. The zero-order chi connectivity index (χ0) is 18.1. The number of amides is 1. The van der Waals surface area contributed by atoms with Crippen LogP contribution in [0.3, 0.4) is 0 Å². The molecule has 1 fully saturated rings. The summed E-state index contributed by atoms with van der Waals surface area (Å²) in [7, 11) is 0. The first-order valence-corrected chi connectivity index (χ1v) is 9.15.